The van der Waals surface area contributed by atoms with Gasteiger partial charge in [-0.1, -0.05) is 30.3 Å². The number of aromatic amines is 2. The van der Waals surface area contributed by atoms with Crippen molar-refractivity contribution in [3.8, 4) is 0 Å². The number of benzene rings is 1. The first-order valence-electron chi connectivity index (χ1n) is 14.5. The van der Waals surface area contributed by atoms with Gasteiger partial charge in [0.2, 0.25) is 5.95 Å². The Balaban J connectivity index is 1.16. The van der Waals surface area contributed by atoms with E-state index in [0.29, 0.717) is 17.0 Å². The molecule has 10 heteroatoms. The molecule has 41 heavy (non-hydrogen) atoms. The summed E-state index contributed by atoms with van der Waals surface area (Å²) in [7, 11) is -1.18. The van der Waals surface area contributed by atoms with Crippen molar-refractivity contribution in [2.75, 3.05) is 18.0 Å². The van der Waals surface area contributed by atoms with Crippen LogP contribution >= 0.6 is 0 Å². The lowest BCUT2D eigenvalue weighted by Gasteiger charge is -2.44. The van der Waals surface area contributed by atoms with Crippen molar-refractivity contribution in [3.63, 3.8) is 0 Å². The molecule has 0 unspecified atom stereocenters. The number of nitrogens with one attached hydrogen (secondary N) is 3. The van der Waals surface area contributed by atoms with Gasteiger partial charge in [-0.3, -0.25) is 19.9 Å². The smallest absolute Gasteiger partial charge is 0.263 e. The highest BCUT2D eigenvalue weighted by Crippen LogP contribution is 2.55. The molecule has 1 aromatic carbocycles. The van der Waals surface area contributed by atoms with Gasteiger partial charge >= 0.3 is 0 Å². The second kappa shape index (κ2) is 9.32. The molecule has 7 rings (SSSR count). The van der Waals surface area contributed by atoms with Crippen LogP contribution in [0.25, 0.3) is 11.0 Å². The van der Waals surface area contributed by atoms with E-state index in [9.17, 15) is 9.00 Å². The predicted molar refractivity (Wildman–Crippen MR) is 161 cm³/mol. The summed E-state index contributed by atoms with van der Waals surface area (Å²) in [4.78, 5) is 28.1. The Morgan fingerprint density at radius 2 is 1.83 bits per heavy atom. The second-order valence-corrected chi connectivity index (χ2v) is 15.1. The maximum Gasteiger partial charge on any atom is 0.263 e. The fourth-order valence-corrected chi connectivity index (χ4v) is 8.02. The largest absolute Gasteiger partial charge is 0.342 e. The first-order valence-corrected chi connectivity index (χ1v) is 15.7. The molecule has 4 heterocycles. The maximum atomic E-state index is 13.5. The topological polar surface area (TPSA) is 120 Å². The molecule has 1 aliphatic heterocycles. The van der Waals surface area contributed by atoms with Gasteiger partial charge in [0.1, 0.15) is 5.39 Å². The van der Waals surface area contributed by atoms with Crippen LogP contribution in [0.1, 0.15) is 80.6 Å². The van der Waals surface area contributed by atoms with Crippen LogP contribution in [0.15, 0.2) is 47.4 Å². The van der Waals surface area contributed by atoms with E-state index < -0.39 is 11.0 Å². The van der Waals surface area contributed by atoms with Gasteiger partial charge in [0.15, 0.2) is 5.65 Å². The van der Waals surface area contributed by atoms with E-state index >= 15 is 0 Å². The molecule has 0 amide bonds. The van der Waals surface area contributed by atoms with E-state index in [1.54, 1.807) is 6.20 Å². The van der Waals surface area contributed by atoms with Crippen LogP contribution < -0.4 is 15.2 Å². The molecule has 4 aromatic rings. The first-order chi connectivity index (χ1) is 19.6. The van der Waals surface area contributed by atoms with E-state index in [4.69, 9.17) is 4.98 Å². The van der Waals surface area contributed by atoms with Gasteiger partial charge in [-0.15, -0.1) is 0 Å². The van der Waals surface area contributed by atoms with Crippen molar-refractivity contribution in [1.29, 1.82) is 0 Å². The van der Waals surface area contributed by atoms with Gasteiger partial charge in [0.05, 0.1) is 27.5 Å². The summed E-state index contributed by atoms with van der Waals surface area (Å²) < 4.78 is 16.4. The second-order valence-electron chi connectivity index (χ2n) is 13.1. The number of hydrogen-bond donors (Lipinski definition) is 3. The van der Waals surface area contributed by atoms with E-state index in [2.05, 4.69) is 60.1 Å². The molecule has 2 atom stereocenters. The van der Waals surface area contributed by atoms with E-state index in [0.717, 1.165) is 62.1 Å². The highest BCUT2D eigenvalue weighted by molar-refractivity contribution is 7.84. The molecule has 1 saturated heterocycles. The number of nitrogens with zero attached hydrogens (tertiary/aromatic N) is 4. The normalized spacial score (nSPS) is 21.8. The van der Waals surface area contributed by atoms with E-state index in [-0.39, 0.29) is 27.2 Å². The van der Waals surface area contributed by atoms with Crippen LogP contribution in [0, 0.1) is 12.3 Å². The molecule has 3 aromatic heterocycles. The van der Waals surface area contributed by atoms with Gasteiger partial charge in [-0.25, -0.2) is 8.93 Å². The lowest BCUT2D eigenvalue weighted by Crippen LogP contribution is -2.48. The van der Waals surface area contributed by atoms with Gasteiger partial charge in [-0.2, -0.15) is 10.1 Å². The number of piperidine rings is 1. The molecule has 1 spiro atoms. The minimum absolute atomic E-state index is 0.0231. The third-order valence-electron chi connectivity index (χ3n) is 9.52. The third kappa shape index (κ3) is 4.25. The quantitative estimate of drug-likeness (QED) is 0.327. The summed E-state index contributed by atoms with van der Waals surface area (Å²) >= 11 is 0. The van der Waals surface area contributed by atoms with Gasteiger partial charge in [0, 0.05) is 30.4 Å². The van der Waals surface area contributed by atoms with Crippen molar-refractivity contribution < 1.29 is 4.21 Å². The first kappa shape index (κ1) is 26.5. The number of anilines is 1. The molecule has 3 N–H and O–H groups in total. The van der Waals surface area contributed by atoms with Crippen LogP contribution in [-0.4, -0.2) is 47.2 Å². The Kier molecular flexibility index (Phi) is 6.03. The average Bonchev–Trinajstić information content (AvgIpc) is 3.53. The third-order valence-corrected chi connectivity index (χ3v) is 11.1. The number of rotatable bonds is 5. The number of aromatic nitrogens is 5. The number of fused-ring (bicyclic) bond motifs is 2. The zero-order valence-corrected chi connectivity index (χ0v) is 24.9. The van der Waals surface area contributed by atoms with Crippen LogP contribution in [0.4, 0.5) is 5.95 Å². The molecule has 1 saturated carbocycles. The molecule has 214 valence electrons. The lowest BCUT2D eigenvalue weighted by atomic mass is 9.73. The molecule has 0 bridgehead atoms. The molecule has 0 radical (unpaired) electrons. The number of pyridine rings is 1. The number of hydrogen-bond acceptors (Lipinski definition) is 6. The van der Waals surface area contributed by atoms with Crippen molar-refractivity contribution in [1.82, 2.24) is 29.9 Å². The fourth-order valence-electron chi connectivity index (χ4n) is 7.08. The van der Waals surface area contributed by atoms with Crippen LogP contribution in [-0.2, 0) is 22.8 Å². The van der Waals surface area contributed by atoms with Crippen molar-refractivity contribution in [3.05, 3.63) is 81.0 Å². The van der Waals surface area contributed by atoms with Crippen LogP contribution in [0.3, 0.4) is 0 Å². The Morgan fingerprint density at radius 3 is 2.54 bits per heavy atom. The summed E-state index contributed by atoms with van der Waals surface area (Å²) in [6.45, 7) is 9.54. The minimum atomic E-state index is -1.18. The minimum Gasteiger partial charge on any atom is -0.342 e. The van der Waals surface area contributed by atoms with Crippen molar-refractivity contribution in [2.24, 2.45) is 5.41 Å². The van der Waals surface area contributed by atoms with Gasteiger partial charge in [-0.05, 0) is 88.0 Å². The standard InChI is InChI=1S/C31H37N7O2S/c1-19-22(10-7-15-32-19)31(11-12-31)25-23-26(36-35-25)33-28(34-27(23)39)38-16-13-30(14-17-38)18-20-8-5-6-9-21(20)24(30)37-41(40)29(2,3)4/h5-10,15,24,37H,11-14,16-18H2,1-4H3,(H2,33,34,35,36,39)/t24-,41-/m1/s1. The Bertz CT molecular complexity index is 1720. The van der Waals surface area contributed by atoms with Crippen molar-refractivity contribution in [2.45, 2.75) is 76.0 Å². The lowest BCUT2D eigenvalue weighted by molar-refractivity contribution is 0.177. The molecule has 3 aliphatic rings. The molecular weight excluding hydrogens is 534 g/mol. The molecule has 2 fully saturated rings. The zero-order chi connectivity index (χ0) is 28.6. The van der Waals surface area contributed by atoms with E-state index in [1.807, 2.05) is 33.8 Å². The SMILES string of the molecule is Cc1ncccc1C1(c2[nH]nc3nc(N4CCC5(CC4)Cc4ccccc4[C@H]5N[S@](=O)C(C)(C)C)[nH]c(=O)c23)CC1. The summed E-state index contributed by atoms with van der Waals surface area (Å²) in [5, 5.41) is 8.24. The molecule has 9 nitrogen and oxygen atoms in total. The van der Waals surface area contributed by atoms with Crippen LogP contribution in [0.2, 0.25) is 0 Å². The highest BCUT2D eigenvalue weighted by Gasteiger charge is 2.51. The maximum absolute atomic E-state index is 13.5. The van der Waals surface area contributed by atoms with E-state index in [1.165, 1.54) is 11.1 Å². The monoisotopic (exact) mass is 571 g/mol. The Labute approximate surface area is 242 Å². The summed E-state index contributed by atoms with van der Waals surface area (Å²) in [5.41, 5.74) is 5.56. The number of aryl methyl sites for hydroxylation is 1. The average molecular weight is 572 g/mol. The Morgan fingerprint density at radius 1 is 1.07 bits per heavy atom. The van der Waals surface area contributed by atoms with Gasteiger partial charge < -0.3 is 4.90 Å². The molecular formula is C31H37N7O2S. The Hall–Kier alpha value is -3.37. The van der Waals surface area contributed by atoms with Crippen LogP contribution in [0.5, 0.6) is 0 Å². The van der Waals surface area contributed by atoms with Gasteiger partial charge in [0.25, 0.3) is 5.56 Å². The zero-order valence-electron chi connectivity index (χ0n) is 24.1. The molecule has 2 aliphatic carbocycles. The predicted octanol–water partition coefficient (Wildman–Crippen LogP) is 4.37. The summed E-state index contributed by atoms with van der Waals surface area (Å²) in [5.74, 6) is 0.566. The number of H-pyrrole nitrogens is 2. The fraction of sp³-hybridized carbons (Fsp3) is 0.484. The summed E-state index contributed by atoms with van der Waals surface area (Å²) in [6.07, 6.45) is 6.45. The highest BCUT2D eigenvalue weighted by atomic mass is 32.2. The van der Waals surface area contributed by atoms with Crippen molar-refractivity contribution >= 4 is 28.0 Å². The summed E-state index contributed by atoms with van der Waals surface area (Å²) in [6, 6.07) is 12.6.